The summed E-state index contributed by atoms with van der Waals surface area (Å²) in [6.45, 7) is 3.17. The smallest absolute Gasteiger partial charge is 0.244 e. The summed E-state index contributed by atoms with van der Waals surface area (Å²) in [7, 11) is -3.89. The van der Waals surface area contributed by atoms with E-state index in [0.717, 1.165) is 10.6 Å². The minimum atomic E-state index is -3.89. The maximum atomic E-state index is 13.3. The van der Waals surface area contributed by atoms with Gasteiger partial charge in [-0.05, 0) is 43.7 Å². The van der Waals surface area contributed by atoms with Crippen LogP contribution in [-0.4, -0.2) is 50.5 Å². The molecule has 2 aromatic carbocycles. The van der Waals surface area contributed by atoms with Crippen molar-refractivity contribution in [3.63, 3.8) is 0 Å². The van der Waals surface area contributed by atoms with Crippen LogP contribution >= 0.6 is 34.8 Å². The number of rotatable bonds is 9. The summed E-state index contributed by atoms with van der Waals surface area (Å²) in [4.78, 5) is 27.1. The molecule has 0 saturated carbocycles. The molecule has 0 aromatic heterocycles. The van der Waals surface area contributed by atoms with Crippen LogP contribution in [0.15, 0.2) is 42.5 Å². The molecule has 2 rings (SSSR count). The number of amides is 2. The summed E-state index contributed by atoms with van der Waals surface area (Å²) in [6, 6.07) is 10.3. The molecular weight excluding hydrogens is 497 g/mol. The summed E-state index contributed by atoms with van der Waals surface area (Å²) in [5.41, 5.74) is 0.726. The summed E-state index contributed by atoms with van der Waals surface area (Å²) < 4.78 is 25.9. The average molecular weight is 521 g/mol. The summed E-state index contributed by atoms with van der Waals surface area (Å²) in [5.74, 6) is -0.969. The van der Waals surface area contributed by atoms with E-state index in [-0.39, 0.29) is 23.2 Å². The molecule has 0 aliphatic heterocycles. The molecule has 2 aromatic rings. The van der Waals surface area contributed by atoms with Crippen LogP contribution in [0.4, 0.5) is 5.69 Å². The SMILES string of the molecule is CCNC(=O)[C@@H](C)N(Cc1ccccc1Cl)C(=O)CN(c1ccc(Cl)cc1Cl)S(C)(=O)=O. The Morgan fingerprint density at radius 2 is 1.72 bits per heavy atom. The van der Waals surface area contributed by atoms with Crippen LogP contribution in [0, 0.1) is 0 Å². The second-order valence-corrected chi connectivity index (χ2v) is 10.2. The molecule has 0 unspecified atom stereocenters. The molecule has 0 aliphatic carbocycles. The molecule has 1 atom stereocenters. The predicted molar refractivity (Wildman–Crippen MR) is 129 cm³/mol. The first-order chi connectivity index (χ1) is 15.0. The zero-order valence-corrected chi connectivity index (χ0v) is 20.9. The van der Waals surface area contributed by atoms with E-state index in [1.165, 1.54) is 23.1 Å². The number of hydrogen-bond acceptors (Lipinski definition) is 4. The minimum Gasteiger partial charge on any atom is -0.355 e. The van der Waals surface area contributed by atoms with Crippen molar-refractivity contribution in [2.45, 2.75) is 26.4 Å². The lowest BCUT2D eigenvalue weighted by Crippen LogP contribution is -2.51. The Hall–Kier alpha value is -2.00. The molecule has 11 heteroatoms. The van der Waals surface area contributed by atoms with Crippen LogP contribution in [0.1, 0.15) is 19.4 Å². The Bertz CT molecular complexity index is 1100. The molecule has 32 heavy (non-hydrogen) atoms. The van der Waals surface area contributed by atoms with Gasteiger partial charge in [0, 0.05) is 23.1 Å². The van der Waals surface area contributed by atoms with Crippen LogP contribution in [0.5, 0.6) is 0 Å². The molecule has 0 radical (unpaired) electrons. The van der Waals surface area contributed by atoms with Crippen molar-refractivity contribution in [1.29, 1.82) is 0 Å². The average Bonchev–Trinajstić information content (AvgIpc) is 2.70. The number of carbonyl (C=O) groups is 2. The molecule has 2 amide bonds. The second-order valence-electron chi connectivity index (χ2n) is 7.05. The Morgan fingerprint density at radius 1 is 1.06 bits per heavy atom. The van der Waals surface area contributed by atoms with E-state index < -0.39 is 28.5 Å². The minimum absolute atomic E-state index is 0.0166. The molecule has 0 spiro atoms. The molecule has 0 aliphatic rings. The van der Waals surface area contributed by atoms with E-state index in [0.29, 0.717) is 22.2 Å². The van der Waals surface area contributed by atoms with Crippen molar-refractivity contribution >= 4 is 62.3 Å². The Balaban J connectivity index is 2.43. The van der Waals surface area contributed by atoms with Gasteiger partial charge in [0.2, 0.25) is 21.8 Å². The van der Waals surface area contributed by atoms with Crippen LogP contribution in [0.3, 0.4) is 0 Å². The van der Waals surface area contributed by atoms with Gasteiger partial charge in [-0.15, -0.1) is 0 Å². The standard InChI is InChI=1S/C21H24Cl3N3O4S/c1-4-25-21(29)14(2)26(12-15-7-5-6-8-17(15)23)20(28)13-27(32(3,30)31)19-10-9-16(22)11-18(19)24/h5-11,14H,4,12-13H2,1-3H3,(H,25,29)/t14-/m1/s1. The normalized spacial score (nSPS) is 12.2. The van der Waals surface area contributed by atoms with Gasteiger partial charge in [-0.3, -0.25) is 13.9 Å². The Kier molecular flexibility index (Phi) is 9.21. The van der Waals surface area contributed by atoms with Crippen LogP contribution in [-0.2, 0) is 26.2 Å². The zero-order chi connectivity index (χ0) is 24.1. The van der Waals surface area contributed by atoms with E-state index >= 15 is 0 Å². The fraction of sp³-hybridized carbons (Fsp3) is 0.333. The van der Waals surface area contributed by atoms with Gasteiger partial charge in [-0.2, -0.15) is 0 Å². The lowest BCUT2D eigenvalue weighted by Gasteiger charge is -2.31. The summed E-state index contributed by atoms with van der Waals surface area (Å²) in [5, 5.41) is 3.50. The van der Waals surface area contributed by atoms with Crippen LogP contribution in [0.25, 0.3) is 0 Å². The molecule has 0 fully saturated rings. The predicted octanol–water partition coefficient (Wildman–Crippen LogP) is 3.97. The highest BCUT2D eigenvalue weighted by molar-refractivity contribution is 7.92. The van der Waals surface area contributed by atoms with Gasteiger partial charge < -0.3 is 10.2 Å². The largest absolute Gasteiger partial charge is 0.355 e. The number of carbonyl (C=O) groups excluding carboxylic acids is 2. The Labute approximate surface area is 203 Å². The monoisotopic (exact) mass is 519 g/mol. The number of sulfonamides is 1. The fourth-order valence-corrected chi connectivity index (χ4v) is 4.61. The number of nitrogens with one attached hydrogen (secondary N) is 1. The lowest BCUT2D eigenvalue weighted by atomic mass is 10.1. The fourth-order valence-electron chi connectivity index (χ4n) is 2.99. The third-order valence-corrected chi connectivity index (χ3v) is 6.71. The van der Waals surface area contributed by atoms with Crippen molar-refractivity contribution in [3.05, 3.63) is 63.1 Å². The number of hydrogen-bond donors (Lipinski definition) is 1. The van der Waals surface area contributed by atoms with E-state index in [2.05, 4.69) is 5.32 Å². The van der Waals surface area contributed by atoms with E-state index in [4.69, 9.17) is 34.8 Å². The number of halogens is 3. The molecule has 174 valence electrons. The van der Waals surface area contributed by atoms with Crippen molar-refractivity contribution < 1.29 is 18.0 Å². The molecule has 7 nitrogen and oxygen atoms in total. The first kappa shape index (κ1) is 26.3. The third kappa shape index (κ3) is 6.75. The third-order valence-electron chi connectivity index (χ3n) is 4.67. The van der Waals surface area contributed by atoms with Gasteiger partial charge in [0.1, 0.15) is 12.6 Å². The number of anilines is 1. The highest BCUT2D eigenvalue weighted by Crippen LogP contribution is 2.30. The molecule has 0 saturated heterocycles. The first-order valence-electron chi connectivity index (χ1n) is 9.69. The van der Waals surface area contributed by atoms with Crippen LogP contribution < -0.4 is 9.62 Å². The van der Waals surface area contributed by atoms with Crippen molar-refractivity contribution in [3.8, 4) is 0 Å². The van der Waals surface area contributed by atoms with Crippen molar-refractivity contribution in [2.24, 2.45) is 0 Å². The number of nitrogens with zero attached hydrogens (tertiary/aromatic N) is 2. The highest BCUT2D eigenvalue weighted by atomic mass is 35.5. The molecule has 0 bridgehead atoms. The zero-order valence-electron chi connectivity index (χ0n) is 17.8. The van der Waals surface area contributed by atoms with Gasteiger partial charge in [-0.25, -0.2) is 8.42 Å². The van der Waals surface area contributed by atoms with Gasteiger partial charge >= 0.3 is 0 Å². The maximum absolute atomic E-state index is 13.3. The molecular formula is C21H24Cl3N3O4S. The van der Waals surface area contributed by atoms with Crippen LogP contribution in [0.2, 0.25) is 15.1 Å². The second kappa shape index (κ2) is 11.2. The van der Waals surface area contributed by atoms with E-state index in [1.807, 2.05) is 0 Å². The maximum Gasteiger partial charge on any atom is 0.244 e. The van der Waals surface area contributed by atoms with Gasteiger partial charge in [0.15, 0.2) is 0 Å². The summed E-state index contributed by atoms with van der Waals surface area (Å²) >= 11 is 18.4. The quantitative estimate of drug-likeness (QED) is 0.542. The van der Waals surface area contributed by atoms with Gasteiger partial charge in [0.05, 0.1) is 17.0 Å². The molecule has 1 N–H and O–H groups in total. The van der Waals surface area contributed by atoms with E-state index in [9.17, 15) is 18.0 Å². The molecule has 0 heterocycles. The lowest BCUT2D eigenvalue weighted by molar-refractivity contribution is -0.139. The topological polar surface area (TPSA) is 86.8 Å². The highest BCUT2D eigenvalue weighted by Gasteiger charge is 2.31. The van der Waals surface area contributed by atoms with Gasteiger partial charge in [-0.1, -0.05) is 53.0 Å². The number of likely N-dealkylation sites (N-methyl/N-ethyl adjacent to an activating group) is 1. The van der Waals surface area contributed by atoms with Crippen molar-refractivity contribution in [1.82, 2.24) is 10.2 Å². The van der Waals surface area contributed by atoms with Gasteiger partial charge in [0.25, 0.3) is 0 Å². The Morgan fingerprint density at radius 3 is 2.28 bits per heavy atom. The first-order valence-corrected chi connectivity index (χ1v) is 12.7. The van der Waals surface area contributed by atoms with Crippen molar-refractivity contribution in [2.75, 3.05) is 23.7 Å². The number of benzene rings is 2. The van der Waals surface area contributed by atoms with E-state index in [1.54, 1.807) is 38.1 Å². The summed E-state index contributed by atoms with van der Waals surface area (Å²) in [6.07, 6.45) is 0.969.